The van der Waals surface area contributed by atoms with Gasteiger partial charge in [-0.1, -0.05) is 6.07 Å². The van der Waals surface area contributed by atoms with E-state index in [0.717, 1.165) is 5.56 Å². The van der Waals surface area contributed by atoms with Crippen LogP contribution in [0.3, 0.4) is 0 Å². The van der Waals surface area contributed by atoms with Crippen molar-refractivity contribution in [1.82, 2.24) is 4.98 Å². The van der Waals surface area contributed by atoms with Gasteiger partial charge in [0.1, 0.15) is 17.5 Å². The van der Waals surface area contributed by atoms with Crippen molar-refractivity contribution in [3.8, 4) is 5.75 Å². The van der Waals surface area contributed by atoms with Gasteiger partial charge >= 0.3 is 0 Å². The van der Waals surface area contributed by atoms with Crippen LogP contribution in [0, 0.1) is 18.6 Å². The molecule has 3 N–H and O–H groups in total. The Balaban J connectivity index is 1.68. The van der Waals surface area contributed by atoms with Crippen LogP contribution in [-0.2, 0) is 4.79 Å². The summed E-state index contributed by atoms with van der Waals surface area (Å²) in [6.07, 6.45) is 1.45. The number of carbonyl (C=O) groups excluding carboxylic acids is 1. The normalized spacial score (nSPS) is 11.8. The lowest BCUT2D eigenvalue weighted by atomic mass is 10.1. The first kappa shape index (κ1) is 21.9. The van der Waals surface area contributed by atoms with Crippen LogP contribution in [0.1, 0.15) is 25.0 Å². The molecule has 1 aromatic heterocycles. The number of carbonyl (C=O) groups is 1. The number of aromatic nitrogens is 1. The minimum Gasteiger partial charge on any atom is -0.475 e. The lowest BCUT2D eigenvalue weighted by Crippen LogP contribution is -2.43. The highest BCUT2D eigenvalue weighted by Crippen LogP contribution is 2.24. The largest absolute Gasteiger partial charge is 0.475 e. The highest BCUT2D eigenvalue weighted by atomic mass is 19.1. The fourth-order valence-electron chi connectivity index (χ4n) is 2.62. The van der Waals surface area contributed by atoms with E-state index in [1.54, 1.807) is 25.1 Å². The van der Waals surface area contributed by atoms with Gasteiger partial charge in [0.05, 0.1) is 5.69 Å². The number of anilines is 1. The van der Waals surface area contributed by atoms with E-state index in [0.29, 0.717) is 11.3 Å². The number of benzene rings is 2. The third kappa shape index (κ3) is 5.63. The molecule has 0 saturated heterocycles. The van der Waals surface area contributed by atoms with E-state index in [4.69, 9.17) is 10.5 Å². The summed E-state index contributed by atoms with van der Waals surface area (Å²) >= 11 is 0. The second-order valence-electron chi connectivity index (χ2n) is 7.41. The Morgan fingerprint density at radius 2 is 1.81 bits per heavy atom. The number of aliphatic imine (C=N–C) groups is 1. The molecule has 0 aliphatic heterocycles. The zero-order chi connectivity index (χ0) is 22.6. The van der Waals surface area contributed by atoms with Gasteiger partial charge in [-0.05, 0) is 74.9 Å². The quantitative estimate of drug-likeness (QED) is 0.450. The molecule has 0 aliphatic carbocycles. The molecular weight excluding hydrogens is 402 g/mol. The van der Waals surface area contributed by atoms with Crippen molar-refractivity contribution < 1.29 is 18.3 Å². The Kier molecular flexibility index (Phi) is 6.29. The van der Waals surface area contributed by atoms with Crippen molar-refractivity contribution >= 4 is 23.2 Å². The molecule has 160 valence electrons. The molecule has 3 rings (SSSR count). The Morgan fingerprint density at radius 1 is 1.10 bits per heavy atom. The summed E-state index contributed by atoms with van der Waals surface area (Å²) in [6.45, 7) is 4.82. The molecule has 0 unspecified atom stereocenters. The number of amides is 1. The first-order chi connectivity index (χ1) is 14.6. The molecule has 0 aliphatic rings. The number of aryl methyl sites for hydroxylation is 1. The summed E-state index contributed by atoms with van der Waals surface area (Å²) in [5, 5.41) is 2.64. The van der Waals surface area contributed by atoms with Crippen LogP contribution in [0.4, 0.5) is 20.3 Å². The fraction of sp³-hybridized carbons (Fsp3) is 0.174. The molecule has 8 heteroatoms. The van der Waals surface area contributed by atoms with Gasteiger partial charge in [-0.3, -0.25) is 4.79 Å². The van der Waals surface area contributed by atoms with Crippen molar-refractivity contribution in [1.29, 1.82) is 0 Å². The van der Waals surface area contributed by atoms with Gasteiger partial charge in [-0.15, -0.1) is 0 Å². The van der Waals surface area contributed by atoms with Gasteiger partial charge in [0.2, 0.25) is 0 Å². The summed E-state index contributed by atoms with van der Waals surface area (Å²) in [5.74, 6) is -0.963. The smallest absolute Gasteiger partial charge is 0.269 e. The van der Waals surface area contributed by atoms with E-state index in [2.05, 4.69) is 15.3 Å². The zero-order valence-electron chi connectivity index (χ0n) is 17.3. The molecule has 0 spiro atoms. The number of nitrogens with two attached hydrogens (primary N) is 1. The van der Waals surface area contributed by atoms with E-state index < -0.39 is 17.3 Å². The fourth-order valence-corrected chi connectivity index (χ4v) is 2.62. The lowest BCUT2D eigenvalue weighted by Gasteiger charge is -2.25. The first-order valence-corrected chi connectivity index (χ1v) is 9.47. The Hall–Kier alpha value is -3.81. The predicted octanol–water partition coefficient (Wildman–Crippen LogP) is 4.50. The first-order valence-electron chi connectivity index (χ1n) is 9.47. The van der Waals surface area contributed by atoms with Crippen LogP contribution in [0.2, 0.25) is 0 Å². The maximum Gasteiger partial charge on any atom is 0.269 e. The van der Waals surface area contributed by atoms with Crippen LogP contribution in [0.25, 0.3) is 0 Å². The van der Waals surface area contributed by atoms with Gasteiger partial charge < -0.3 is 15.8 Å². The second kappa shape index (κ2) is 8.91. The maximum absolute atomic E-state index is 14.1. The van der Waals surface area contributed by atoms with Gasteiger partial charge in [-0.2, -0.15) is 0 Å². The summed E-state index contributed by atoms with van der Waals surface area (Å²) in [4.78, 5) is 21.0. The second-order valence-corrected chi connectivity index (χ2v) is 7.41. The topological polar surface area (TPSA) is 89.6 Å². The number of hydrogen-bond acceptors (Lipinski definition) is 4. The molecule has 3 aromatic rings. The molecular formula is C23H22F2N4O2. The van der Waals surface area contributed by atoms with Crippen LogP contribution in [0.5, 0.6) is 5.75 Å². The number of halogens is 2. The third-order valence-electron chi connectivity index (χ3n) is 4.38. The van der Waals surface area contributed by atoms with Crippen LogP contribution in [-0.4, -0.2) is 22.3 Å². The summed E-state index contributed by atoms with van der Waals surface area (Å²) < 4.78 is 32.6. The molecule has 0 atom stereocenters. The summed E-state index contributed by atoms with van der Waals surface area (Å²) in [5.41, 5.74) is 6.40. The number of hydrogen-bond donors (Lipinski definition) is 2. The van der Waals surface area contributed by atoms with Gasteiger partial charge in [0.15, 0.2) is 17.2 Å². The SMILES string of the molecule is Cc1ccc(OC(C)(C)C(=O)Nc2ccc(C(N)=Nc3ccc(F)cc3)cn2)c(F)c1. The number of ether oxygens (including phenoxy) is 1. The van der Waals surface area contributed by atoms with E-state index in [9.17, 15) is 13.6 Å². The predicted molar refractivity (Wildman–Crippen MR) is 115 cm³/mol. The molecule has 0 saturated carbocycles. The number of nitrogens with one attached hydrogen (secondary N) is 1. The number of nitrogens with zero attached hydrogens (tertiary/aromatic N) is 2. The van der Waals surface area contributed by atoms with E-state index in [-0.39, 0.29) is 23.2 Å². The third-order valence-corrected chi connectivity index (χ3v) is 4.38. The highest BCUT2D eigenvalue weighted by Gasteiger charge is 2.31. The number of amidine groups is 1. The van der Waals surface area contributed by atoms with E-state index >= 15 is 0 Å². The van der Waals surface area contributed by atoms with E-state index in [1.165, 1.54) is 56.4 Å². The average Bonchev–Trinajstić information content (AvgIpc) is 2.72. The molecule has 0 bridgehead atoms. The maximum atomic E-state index is 14.1. The molecule has 0 fully saturated rings. The van der Waals surface area contributed by atoms with Gasteiger partial charge in [-0.25, -0.2) is 18.8 Å². The molecule has 1 amide bonds. The van der Waals surface area contributed by atoms with Crippen LogP contribution in [0.15, 0.2) is 65.8 Å². The molecule has 0 radical (unpaired) electrons. The Bertz CT molecular complexity index is 1110. The van der Waals surface area contributed by atoms with Crippen molar-refractivity contribution in [2.45, 2.75) is 26.4 Å². The lowest BCUT2D eigenvalue weighted by molar-refractivity contribution is -0.128. The summed E-state index contributed by atoms with van der Waals surface area (Å²) in [6, 6.07) is 13.3. The zero-order valence-corrected chi connectivity index (χ0v) is 17.3. The van der Waals surface area contributed by atoms with Crippen LogP contribution < -0.4 is 15.8 Å². The minimum atomic E-state index is -1.35. The summed E-state index contributed by atoms with van der Waals surface area (Å²) in [7, 11) is 0. The monoisotopic (exact) mass is 424 g/mol. The molecule has 2 aromatic carbocycles. The Labute approximate surface area is 178 Å². The number of pyridine rings is 1. The standard InChI is InChI=1S/C23H22F2N4O2/c1-14-4-10-19(18(25)12-14)31-23(2,3)22(30)29-20-11-5-15(13-27-20)21(26)28-17-8-6-16(24)7-9-17/h4-13H,1-3H3,(H2,26,28)(H,27,29,30). The molecule has 6 nitrogen and oxygen atoms in total. The highest BCUT2D eigenvalue weighted by molar-refractivity contribution is 5.99. The van der Waals surface area contributed by atoms with Crippen molar-refractivity contribution in [3.63, 3.8) is 0 Å². The van der Waals surface area contributed by atoms with Crippen LogP contribution >= 0.6 is 0 Å². The van der Waals surface area contributed by atoms with Gasteiger partial charge in [0.25, 0.3) is 5.91 Å². The Morgan fingerprint density at radius 3 is 2.42 bits per heavy atom. The van der Waals surface area contributed by atoms with Gasteiger partial charge in [0, 0.05) is 11.8 Å². The number of rotatable bonds is 6. The van der Waals surface area contributed by atoms with Crippen molar-refractivity contribution in [3.05, 3.63) is 83.6 Å². The van der Waals surface area contributed by atoms with Crippen molar-refractivity contribution in [2.75, 3.05) is 5.32 Å². The molecule has 31 heavy (non-hydrogen) atoms. The molecule has 1 heterocycles. The van der Waals surface area contributed by atoms with E-state index in [1.807, 2.05) is 0 Å². The van der Waals surface area contributed by atoms with Crippen molar-refractivity contribution in [2.24, 2.45) is 10.7 Å². The average molecular weight is 424 g/mol. The minimum absolute atomic E-state index is 0.0150.